The molecule has 0 spiro atoms. The van der Waals surface area contributed by atoms with Gasteiger partial charge in [0.2, 0.25) is 5.82 Å². The van der Waals surface area contributed by atoms with Crippen LogP contribution in [0.4, 0.5) is 5.69 Å². The second kappa shape index (κ2) is 11.9. The molecule has 40 heavy (non-hydrogen) atoms. The predicted octanol–water partition coefficient (Wildman–Crippen LogP) is 6.23. The highest BCUT2D eigenvalue weighted by Gasteiger charge is 2.16. The van der Waals surface area contributed by atoms with Crippen LogP contribution in [-0.2, 0) is 13.0 Å². The minimum atomic E-state index is 0.0615. The molecule has 0 radical (unpaired) electrons. The number of allylic oxidation sites excluding steroid dienone is 1. The lowest BCUT2D eigenvalue weighted by molar-refractivity contribution is 0.722. The van der Waals surface area contributed by atoms with Crippen molar-refractivity contribution < 1.29 is 0 Å². The molecule has 9 nitrogen and oxygen atoms in total. The Labute approximate surface area is 236 Å². The Hall–Kier alpha value is -4.93. The Morgan fingerprint density at radius 1 is 1.05 bits per heavy atom. The molecular formula is C30H27N9S. The topological polar surface area (TPSA) is 132 Å². The number of thioether (sulfide) groups is 1. The molecule has 0 bridgehead atoms. The standard InChI is InChI=1S/C30H27N9S/c1-4-7-27-34-28-19(2)14-23(33-30(40-3)22(16-31)17-32)15-26(28)39(27)18-20-10-12-21(13-11-20)24-8-5-6-9-25(24)29-35-37-38-36-29/h5-6,8-15,33H,4,7,18H2,1-3H3,(H,35,36,37,38). The van der Waals surface area contributed by atoms with Crippen LogP contribution in [0.2, 0.25) is 0 Å². The summed E-state index contributed by atoms with van der Waals surface area (Å²) in [6, 6.07) is 24.5. The van der Waals surface area contributed by atoms with Crippen molar-refractivity contribution in [2.75, 3.05) is 11.6 Å². The number of tetrazole rings is 1. The zero-order valence-electron chi connectivity index (χ0n) is 22.4. The van der Waals surface area contributed by atoms with Crippen LogP contribution in [0.1, 0.15) is 30.3 Å². The van der Waals surface area contributed by atoms with Gasteiger partial charge in [0.1, 0.15) is 23.0 Å². The molecule has 2 heterocycles. The van der Waals surface area contributed by atoms with E-state index in [2.05, 4.69) is 67.8 Å². The number of H-pyrrole nitrogens is 1. The minimum Gasteiger partial charge on any atom is -0.348 e. The van der Waals surface area contributed by atoms with Gasteiger partial charge in [-0.2, -0.15) is 15.7 Å². The van der Waals surface area contributed by atoms with E-state index in [1.807, 2.05) is 55.6 Å². The van der Waals surface area contributed by atoms with E-state index in [-0.39, 0.29) is 5.57 Å². The molecule has 0 saturated carbocycles. The van der Waals surface area contributed by atoms with E-state index in [0.29, 0.717) is 17.4 Å². The number of aryl methyl sites for hydroxylation is 2. The van der Waals surface area contributed by atoms with E-state index in [1.54, 1.807) is 0 Å². The number of anilines is 1. The van der Waals surface area contributed by atoms with E-state index in [4.69, 9.17) is 4.98 Å². The number of imidazole rings is 1. The maximum atomic E-state index is 9.35. The van der Waals surface area contributed by atoms with E-state index >= 15 is 0 Å². The highest BCUT2D eigenvalue weighted by molar-refractivity contribution is 8.02. The van der Waals surface area contributed by atoms with Crippen molar-refractivity contribution in [3.63, 3.8) is 0 Å². The molecule has 0 fully saturated rings. The SMILES string of the molecule is CCCc1nc2c(C)cc(NC(SC)=C(C#N)C#N)cc2n1Cc1ccc(-c2ccccc2-c2nn[nH]n2)cc1. The van der Waals surface area contributed by atoms with Gasteiger partial charge in [0.05, 0.1) is 11.0 Å². The van der Waals surface area contributed by atoms with Gasteiger partial charge in [-0.1, -0.05) is 55.5 Å². The number of aromatic nitrogens is 6. The van der Waals surface area contributed by atoms with E-state index in [0.717, 1.165) is 63.2 Å². The predicted molar refractivity (Wildman–Crippen MR) is 158 cm³/mol. The molecule has 2 N–H and O–H groups in total. The maximum absolute atomic E-state index is 9.35. The molecule has 2 aromatic heterocycles. The molecule has 198 valence electrons. The van der Waals surface area contributed by atoms with Gasteiger partial charge in [-0.3, -0.25) is 0 Å². The number of nitriles is 2. The number of hydrogen-bond acceptors (Lipinski definition) is 8. The highest BCUT2D eigenvalue weighted by atomic mass is 32.2. The fourth-order valence-corrected chi connectivity index (χ4v) is 5.27. The number of hydrogen-bond donors (Lipinski definition) is 2. The molecule has 0 saturated heterocycles. The quantitative estimate of drug-likeness (QED) is 0.208. The van der Waals surface area contributed by atoms with Gasteiger partial charge >= 0.3 is 0 Å². The molecule has 5 aromatic rings. The first-order valence-electron chi connectivity index (χ1n) is 12.8. The molecule has 0 aliphatic rings. The van der Waals surface area contributed by atoms with Gasteiger partial charge in [-0.05, 0) is 59.2 Å². The van der Waals surface area contributed by atoms with Gasteiger partial charge < -0.3 is 9.88 Å². The fraction of sp³-hybridized carbons (Fsp3) is 0.200. The monoisotopic (exact) mass is 545 g/mol. The smallest absolute Gasteiger partial charge is 0.205 e. The average Bonchev–Trinajstić information content (AvgIpc) is 3.63. The van der Waals surface area contributed by atoms with Gasteiger partial charge in [-0.25, -0.2) is 4.98 Å². The first-order chi connectivity index (χ1) is 19.6. The van der Waals surface area contributed by atoms with Gasteiger partial charge in [0.25, 0.3) is 0 Å². The molecule has 0 aliphatic carbocycles. The lowest BCUT2D eigenvalue weighted by Crippen LogP contribution is -2.06. The van der Waals surface area contributed by atoms with Crippen LogP contribution in [0.3, 0.4) is 0 Å². The third kappa shape index (κ3) is 5.31. The molecule has 0 amide bonds. The van der Waals surface area contributed by atoms with E-state index < -0.39 is 0 Å². The van der Waals surface area contributed by atoms with Crippen molar-refractivity contribution >= 4 is 28.5 Å². The summed E-state index contributed by atoms with van der Waals surface area (Å²) in [4.78, 5) is 5.00. The van der Waals surface area contributed by atoms with Crippen molar-refractivity contribution in [1.82, 2.24) is 30.2 Å². The Morgan fingerprint density at radius 3 is 2.45 bits per heavy atom. The summed E-state index contributed by atoms with van der Waals surface area (Å²) >= 11 is 1.34. The zero-order chi connectivity index (χ0) is 28.1. The normalized spacial score (nSPS) is 10.7. The van der Waals surface area contributed by atoms with Crippen LogP contribution in [0.5, 0.6) is 0 Å². The Bertz CT molecular complexity index is 1750. The lowest BCUT2D eigenvalue weighted by Gasteiger charge is -2.13. The molecule has 0 unspecified atom stereocenters. The average molecular weight is 546 g/mol. The number of nitrogens with one attached hydrogen (secondary N) is 2. The fourth-order valence-electron chi connectivity index (χ4n) is 4.75. The van der Waals surface area contributed by atoms with Crippen molar-refractivity contribution in [3.05, 3.63) is 88.2 Å². The number of nitrogens with zero attached hydrogens (tertiary/aromatic N) is 7. The Kier molecular flexibility index (Phi) is 7.90. The number of aromatic amines is 1. The molecule has 0 aliphatic heterocycles. The van der Waals surface area contributed by atoms with Gasteiger partial charge in [0.15, 0.2) is 5.57 Å². The second-order valence-electron chi connectivity index (χ2n) is 9.26. The molecule has 0 atom stereocenters. The molecule has 5 rings (SSSR count). The van der Waals surface area contributed by atoms with Crippen LogP contribution >= 0.6 is 11.8 Å². The lowest BCUT2D eigenvalue weighted by atomic mass is 9.98. The van der Waals surface area contributed by atoms with Crippen molar-refractivity contribution in [1.29, 1.82) is 10.5 Å². The highest BCUT2D eigenvalue weighted by Crippen LogP contribution is 2.31. The van der Waals surface area contributed by atoms with Gasteiger partial charge in [0, 0.05) is 24.2 Å². The summed E-state index contributed by atoms with van der Waals surface area (Å²) in [6.45, 7) is 4.85. The summed E-state index contributed by atoms with van der Waals surface area (Å²) in [6.07, 6.45) is 3.68. The number of benzene rings is 3. The first-order valence-corrected chi connectivity index (χ1v) is 14.1. The Balaban J connectivity index is 1.51. The van der Waals surface area contributed by atoms with Crippen LogP contribution in [0.15, 0.2) is 71.3 Å². The molecular weight excluding hydrogens is 518 g/mol. The number of rotatable bonds is 9. The van der Waals surface area contributed by atoms with Crippen LogP contribution in [-0.4, -0.2) is 36.4 Å². The third-order valence-corrected chi connectivity index (χ3v) is 7.34. The molecule has 3 aromatic carbocycles. The van der Waals surface area contributed by atoms with E-state index in [1.165, 1.54) is 11.8 Å². The third-order valence-electron chi connectivity index (χ3n) is 6.63. The maximum Gasteiger partial charge on any atom is 0.205 e. The summed E-state index contributed by atoms with van der Waals surface area (Å²) in [5.41, 5.74) is 8.03. The minimum absolute atomic E-state index is 0.0615. The summed E-state index contributed by atoms with van der Waals surface area (Å²) in [5.74, 6) is 1.59. The van der Waals surface area contributed by atoms with Crippen molar-refractivity contribution in [3.8, 4) is 34.7 Å². The zero-order valence-corrected chi connectivity index (χ0v) is 23.3. The van der Waals surface area contributed by atoms with Crippen LogP contribution < -0.4 is 5.32 Å². The van der Waals surface area contributed by atoms with Crippen LogP contribution in [0.25, 0.3) is 33.5 Å². The van der Waals surface area contributed by atoms with Crippen molar-refractivity contribution in [2.24, 2.45) is 0 Å². The van der Waals surface area contributed by atoms with Crippen molar-refractivity contribution in [2.45, 2.75) is 33.2 Å². The largest absolute Gasteiger partial charge is 0.348 e. The first kappa shape index (κ1) is 26.7. The number of fused-ring (bicyclic) bond motifs is 1. The van der Waals surface area contributed by atoms with Crippen LogP contribution in [0, 0.1) is 29.6 Å². The van der Waals surface area contributed by atoms with Gasteiger partial charge in [-0.15, -0.1) is 22.0 Å². The summed E-state index contributed by atoms with van der Waals surface area (Å²) in [7, 11) is 0. The second-order valence-corrected chi connectivity index (χ2v) is 10.1. The summed E-state index contributed by atoms with van der Waals surface area (Å²) in [5, 5.41) is 37.0. The van der Waals surface area contributed by atoms with E-state index in [9.17, 15) is 10.5 Å². The summed E-state index contributed by atoms with van der Waals surface area (Å²) < 4.78 is 2.26. The molecule has 10 heteroatoms. The Morgan fingerprint density at radius 2 is 1.80 bits per heavy atom.